The lowest BCUT2D eigenvalue weighted by Gasteiger charge is -2.31. The van der Waals surface area contributed by atoms with Crippen LogP contribution in [-0.4, -0.2) is 48.6 Å². The Kier molecular flexibility index (Phi) is 3.78. The van der Waals surface area contributed by atoms with Crippen molar-refractivity contribution in [1.29, 1.82) is 0 Å². The van der Waals surface area contributed by atoms with E-state index < -0.39 is 0 Å². The first kappa shape index (κ1) is 12.1. The monoisotopic (exact) mass is 235 g/mol. The summed E-state index contributed by atoms with van der Waals surface area (Å²) in [5.41, 5.74) is 5.64. The molecule has 1 aliphatic heterocycles. The lowest BCUT2D eigenvalue weighted by molar-refractivity contribution is 0.222. The van der Waals surface area contributed by atoms with Crippen molar-refractivity contribution in [1.82, 2.24) is 14.9 Å². The molecule has 1 aromatic heterocycles. The zero-order valence-electron chi connectivity index (χ0n) is 10.6. The molecular weight excluding hydrogens is 214 g/mol. The van der Waals surface area contributed by atoms with E-state index >= 15 is 0 Å². The van der Waals surface area contributed by atoms with Crippen LogP contribution in [0.3, 0.4) is 0 Å². The molecule has 1 fully saturated rings. The van der Waals surface area contributed by atoms with Gasteiger partial charge in [-0.1, -0.05) is 0 Å². The van der Waals surface area contributed by atoms with E-state index in [4.69, 9.17) is 5.73 Å². The quantitative estimate of drug-likeness (QED) is 0.841. The number of hydrogen-bond donors (Lipinski definition) is 1. The van der Waals surface area contributed by atoms with Gasteiger partial charge in [-0.15, -0.1) is 0 Å². The third kappa shape index (κ3) is 3.30. The zero-order valence-corrected chi connectivity index (χ0v) is 10.6. The molecule has 0 atom stereocenters. The Balaban J connectivity index is 1.90. The average Bonchev–Trinajstić information content (AvgIpc) is 2.32. The smallest absolute Gasteiger partial charge is 0.149 e. The van der Waals surface area contributed by atoms with Crippen molar-refractivity contribution >= 4 is 11.6 Å². The van der Waals surface area contributed by atoms with Crippen molar-refractivity contribution < 1.29 is 0 Å². The standard InChI is InChI=1S/C12H21N5/c1-16-5-3-10(4-6-16)9-17(2)12-8-14-7-11(13)15-12/h7-8,10H,3-6,9H2,1-2H3,(H2,13,15). The molecule has 2 heterocycles. The molecule has 17 heavy (non-hydrogen) atoms. The second-order valence-corrected chi connectivity index (χ2v) is 4.93. The number of rotatable bonds is 3. The van der Waals surface area contributed by atoms with Crippen LogP contribution in [0, 0.1) is 5.92 Å². The normalized spacial score (nSPS) is 18.2. The fraction of sp³-hybridized carbons (Fsp3) is 0.667. The summed E-state index contributed by atoms with van der Waals surface area (Å²) in [6.45, 7) is 3.42. The van der Waals surface area contributed by atoms with Crippen molar-refractivity contribution in [3.63, 3.8) is 0 Å². The van der Waals surface area contributed by atoms with Crippen molar-refractivity contribution in [2.24, 2.45) is 5.92 Å². The third-order valence-corrected chi connectivity index (χ3v) is 3.40. The van der Waals surface area contributed by atoms with Gasteiger partial charge in [0.15, 0.2) is 0 Å². The minimum absolute atomic E-state index is 0.484. The van der Waals surface area contributed by atoms with E-state index in [9.17, 15) is 0 Å². The van der Waals surface area contributed by atoms with Crippen LogP contribution in [-0.2, 0) is 0 Å². The Bertz CT molecular complexity index is 360. The van der Waals surface area contributed by atoms with Crippen LogP contribution in [0.5, 0.6) is 0 Å². The molecule has 0 saturated carbocycles. The van der Waals surface area contributed by atoms with Crippen molar-refractivity contribution in [3.8, 4) is 0 Å². The number of likely N-dealkylation sites (tertiary alicyclic amines) is 1. The average molecular weight is 235 g/mol. The minimum atomic E-state index is 0.484. The highest BCUT2D eigenvalue weighted by atomic mass is 15.2. The van der Waals surface area contributed by atoms with E-state index in [2.05, 4.69) is 33.9 Å². The van der Waals surface area contributed by atoms with Crippen LogP contribution in [0.25, 0.3) is 0 Å². The molecule has 0 radical (unpaired) electrons. The summed E-state index contributed by atoms with van der Waals surface area (Å²) in [7, 11) is 4.24. The molecule has 0 bridgehead atoms. The Hall–Kier alpha value is -1.36. The van der Waals surface area contributed by atoms with Crippen LogP contribution in [0.15, 0.2) is 12.4 Å². The maximum Gasteiger partial charge on any atom is 0.149 e. The number of nitrogen functional groups attached to an aromatic ring is 1. The van der Waals surface area contributed by atoms with Crippen LogP contribution in [0.1, 0.15) is 12.8 Å². The Morgan fingerprint density at radius 3 is 2.76 bits per heavy atom. The summed E-state index contributed by atoms with van der Waals surface area (Å²) < 4.78 is 0. The second kappa shape index (κ2) is 5.31. The Labute approximate surface area is 103 Å². The summed E-state index contributed by atoms with van der Waals surface area (Å²) in [4.78, 5) is 12.9. The molecule has 2 N–H and O–H groups in total. The van der Waals surface area contributed by atoms with Gasteiger partial charge < -0.3 is 15.5 Å². The molecule has 0 aliphatic carbocycles. The van der Waals surface area contributed by atoms with E-state index in [1.165, 1.54) is 25.9 Å². The third-order valence-electron chi connectivity index (χ3n) is 3.40. The lowest BCUT2D eigenvalue weighted by Crippen LogP contribution is -2.36. The van der Waals surface area contributed by atoms with Gasteiger partial charge >= 0.3 is 0 Å². The molecule has 0 unspecified atom stereocenters. The summed E-state index contributed by atoms with van der Waals surface area (Å²) in [5, 5.41) is 0. The molecule has 0 spiro atoms. The molecule has 0 aromatic carbocycles. The highest BCUT2D eigenvalue weighted by molar-refractivity contribution is 5.40. The van der Waals surface area contributed by atoms with E-state index in [0.29, 0.717) is 5.82 Å². The fourth-order valence-corrected chi connectivity index (χ4v) is 2.28. The molecule has 5 nitrogen and oxygen atoms in total. The molecule has 1 aliphatic rings. The van der Waals surface area contributed by atoms with Gasteiger partial charge in [-0.3, -0.25) is 4.98 Å². The van der Waals surface area contributed by atoms with Gasteiger partial charge in [-0.2, -0.15) is 0 Å². The highest BCUT2D eigenvalue weighted by Crippen LogP contribution is 2.19. The van der Waals surface area contributed by atoms with Gasteiger partial charge in [0.2, 0.25) is 0 Å². The van der Waals surface area contributed by atoms with Crippen LogP contribution in [0.4, 0.5) is 11.6 Å². The van der Waals surface area contributed by atoms with Crippen molar-refractivity contribution in [2.45, 2.75) is 12.8 Å². The lowest BCUT2D eigenvalue weighted by atomic mass is 9.97. The summed E-state index contributed by atoms with van der Waals surface area (Å²) in [5.74, 6) is 2.10. The van der Waals surface area contributed by atoms with Gasteiger partial charge in [0.05, 0.1) is 12.4 Å². The number of nitrogens with zero attached hydrogens (tertiary/aromatic N) is 4. The second-order valence-electron chi connectivity index (χ2n) is 4.93. The first-order valence-electron chi connectivity index (χ1n) is 6.12. The SMILES string of the molecule is CN1CCC(CN(C)c2cncc(N)n2)CC1. The molecule has 1 saturated heterocycles. The number of aromatic nitrogens is 2. The van der Waals surface area contributed by atoms with Crippen LogP contribution in [0.2, 0.25) is 0 Å². The number of hydrogen-bond acceptors (Lipinski definition) is 5. The fourth-order valence-electron chi connectivity index (χ4n) is 2.28. The van der Waals surface area contributed by atoms with Gasteiger partial charge in [0.1, 0.15) is 11.6 Å². The molecule has 1 aromatic rings. The number of anilines is 2. The first-order chi connectivity index (χ1) is 8.15. The first-order valence-corrected chi connectivity index (χ1v) is 6.12. The van der Waals surface area contributed by atoms with E-state index in [1.807, 2.05) is 0 Å². The molecule has 0 amide bonds. The molecule has 5 heteroatoms. The maximum absolute atomic E-state index is 5.64. The maximum atomic E-state index is 5.64. The predicted octanol–water partition coefficient (Wildman–Crippen LogP) is 0.837. The highest BCUT2D eigenvalue weighted by Gasteiger charge is 2.18. The van der Waals surface area contributed by atoms with Gasteiger partial charge in [-0.25, -0.2) is 4.98 Å². The minimum Gasteiger partial charge on any atom is -0.382 e. The summed E-state index contributed by atoms with van der Waals surface area (Å²) in [6.07, 6.45) is 5.87. The van der Waals surface area contributed by atoms with Crippen molar-refractivity contribution in [3.05, 3.63) is 12.4 Å². The van der Waals surface area contributed by atoms with Crippen molar-refractivity contribution in [2.75, 3.05) is 44.4 Å². The Morgan fingerprint density at radius 1 is 1.41 bits per heavy atom. The predicted molar refractivity (Wildman–Crippen MR) is 69.9 cm³/mol. The molecular formula is C12H21N5. The number of piperidine rings is 1. The zero-order chi connectivity index (χ0) is 12.3. The van der Waals surface area contributed by atoms with Gasteiger partial charge in [0, 0.05) is 13.6 Å². The van der Waals surface area contributed by atoms with E-state index in [-0.39, 0.29) is 0 Å². The largest absolute Gasteiger partial charge is 0.382 e. The van der Waals surface area contributed by atoms with Gasteiger partial charge in [-0.05, 0) is 38.9 Å². The topological polar surface area (TPSA) is 58.3 Å². The van der Waals surface area contributed by atoms with E-state index in [0.717, 1.165) is 18.3 Å². The van der Waals surface area contributed by atoms with Crippen LogP contribution >= 0.6 is 0 Å². The van der Waals surface area contributed by atoms with Gasteiger partial charge in [0.25, 0.3) is 0 Å². The Morgan fingerprint density at radius 2 is 2.12 bits per heavy atom. The molecule has 94 valence electrons. The van der Waals surface area contributed by atoms with E-state index in [1.54, 1.807) is 12.4 Å². The summed E-state index contributed by atoms with van der Waals surface area (Å²) in [6, 6.07) is 0. The number of nitrogens with two attached hydrogens (primary N) is 1. The molecule has 2 rings (SSSR count). The van der Waals surface area contributed by atoms with Crippen LogP contribution < -0.4 is 10.6 Å². The summed E-state index contributed by atoms with van der Waals surface area (Å²) >= 11 is 0.